The fourth-order valence-corrected chi connectivity index (χ4v) is 2.24. The van der Waals surface area contributed by atoms with Crippen molar-refractivity contribution in [1.29, 1.82) is 0 Å². The SMILES string of the molecule is CC(C)(CNC(=O)c1ccc2c(c1)NCCN2)S(C)(=O)=O. The van der Waals surface area contributed by atoms with Crippen LogP contribution in [0.1, 0.15) is 24.2 Å². The summed E-state index contributed by atoms with van der Waals surface area (Å²) < 4.78 is 22.3. The maximum absolute atomic E-state index is 12.1. The van der Waals surface area contributed by atoms with Gasteiger partial charge in [-0.2, -0.15) is 0 Å². The van der Waals surface area contributed by atoms with E-state index in [9.17, 15) is 13.2 Å². The van der Waals surface area contributed by atoms with E-state index < -0.39 is 14.6 Å². The van der Waals surface area contributed by atoms with Crippen molar-refractivity contribution in [1.82, 2.24) is 5.32 Å². The summed E-state index contributed by atoms with van der Waals surface area (Å²) in [6, 6.07) is 5.34. The molecule has 7 heteroatoms. The maximum Gasteiger partial charge on any atom is 0.251 e. The summed E-state index contributed by atoms with van der Waals surface area (Å²) in [4.78, 5) is 12.1. The van der Waals surface area contributed by atoms with Gasteiger partial charge in [-0.1, -0.05) is 0 Å². The van der Waals surface area contributed by atoms with Gasteiger partial charge >= 0.3 is 0 Å². The van der Waals surface area contributed by atoms with Crippen molar-refractivity contribution >= 4 is 27.1 Å². The fraction of sp³-hybridized carbons (Fsp3) is 0.500. The van der Waals surface area contributed by atoms with Gasteiger partial charge in [-0.25, -0.2) is 8.42 Å². The number of anilines is 2. The fourth-order valence-electron chi connectivity index (χ4n) is 1.91. The van der Waals surface area contributed by atoms with Crippen molar-refractivity contribution in [3.8, 4) is 0 Å². The number of nitrogens with one attached hydrogen (secondary N) is 3. The van der Waals surface area contributed by atoms with Gasteiger partial charge < -0.3 is 16.0 Å². The van der Waals surface area contributed by atoms with Gasteiger partial charge in [0.25, 0.3) is 5.91 Å². The lowest BCUT2D eigenvalue weighted by Crippen LogP contribution is -2.43. The average Bonchev–Trinajstić information content (AvgIpc) is 2.43. The molecule has 21 heavy (non-hydrogen) atoms. The van der Waals surface area contributed by atoms with Crippen molar-refractivity contribution in [2.24, 2.45) is 0 Å². The summed E-state index contributed by atoms with van der Waals surface area (Å²) in [6.45, 7) is 4.93. The number of fused-ring (bicyclic) bond motifs is 1. The number of carbonyl (C=O) groups is 1. The highest BCUT2D eigenvalue weighted by Gasteiger charge is 2.30. The summed E-state index contributed by atoms with van der Waals surface area (Å²) in [6.07, 6.45) is 1.17. The molecule has 0 aliphatic carbocycles. The highest BCUT2D eigenvalue weighted by molar-refractivity contribution is 7.92. The Labute approximate surface area is 125 Å². The highest BCUT2D eigenvalue weighted by Crippen LogP contribution is 2.25. The smallest absolute Gasteiger partial charge is 0.251 e. The molecule has 1 aromatic carbocycles. The van der Waals surface area contributed by atoms with Crippen LogP contribution in [0.4, 0.5) is 11.4 Å². The molecule has 0 spiro atoms. The second kappa shape index (κ2) is 5.55. The summed E-state index contributed by atoms with van der Waals surface area (Å²) in [7, 11) is -3.23. The molecule has 0 fully saturated rings. The minimum Gasteiger partial charge on any atom is -0.382 e. The van der Waals surface area contributed by atoms with E-state index in [1.807, 2.05) is 6.07 Å². The van der Waals surface area contributed by atoms with Crippen LogP contribution in [0.25, 0.3) is 0 Å². The molecule has 0 radical (unpaired) electrons. The Morgan fingerprint density at radius 3 is 2.48 bits per heavy atom. The number of carbonyl (C=O) groups excluding carboxylic acids is 1. The molecule has 1 heterocycles. The third kappa shape index (κ3) is 3.47. The molecule has 1 aliphatic heterocycles. The third-order valence-electron chi connectivity index (χ3n) is 3.72. The van der Waals surface area contributed by atoms with Gasteiger partial charge in [0, 0.05) is 31.5 Å². The predicted octanol–water partition coefficient (Wildman–Crippen LogP) is 1.08. The topological polar surface area (TPSA) is 87.3 Å². The first-order chi connectivity index (χ1) is 9.71. The highest BCUT2D eigenvalue weighted by atomic mass is 32.2. The summed E-state index contributed by atoms with van der Waals surface area (Å²) in [5.41, 5.74) is 2.36. The van der Waals surface area contributed by atoms with Crippen LogP contribution in [0.2, 0.25) is 0 Å². The first-order valence-electron chi connectivity index (χ1n) is 6.80. The number of rotatable bonds is 4. The number of amides is 1. The second-order valence-corrected chi connectivity index (χ2v) is 8.48. The minimum absolute atomic E-state index is 0.0768. The molecule has 1 aromatic rings. The number of benzene rings is 1. The lowest BCUT2D eigenvalue weighted by atomic mass is 10.1. The molecular weight excluding hydrogens is 290 g/mol. The average molecular weight is 311 g/mol. The predicted molar refractivity (Wildman–Crippen MR) is 84.7 cm³/mol. The van der Waals surface area contributed by atoms with Gasteiger partial charge in [0.2, 0.25) is 0 Å². The zero-order chi connectivity index (χ0) is 15.7. The van der Waals surface area contributed by atoms with Gasteiger partial charge in [0.1, 0.15) is 0 Å². The van der Waals surface area contributed by atoms with Gasteiger partial charge in [0.15, 0.2) is 9.84 Å². The Morgan fingerprint density at radius 2 is 1.86 bits per heavy atom. The minimum atomic E-state index is -3.23. The van der Waals surface area contributed by atoms with E-state index in [2.05, 4.69) is 16.0 Å². The zero-order valence-corrected chi connectivity index (χ0v) is 13.3. The van der Waals surface area contributed by atoms with Crippen molar-refractivity contribution in [2.75, 3.05) is 36.5 Å². The molecule has 1 aliphatic rings. The Balaban J connectivity index is 2.08. The van der Waals surface area contributed by atoms with Crippen LogP contribution in [0.3, 0.4) is 0 Å². The maximum atomic E-state index is 12.1. The van der Waals surface area contributed by atoms with Crippen molar-refractivity contribution in [3.63, 3.8) is 0 Å². The van der Waals surface area contributed by atoms with E-state index in [1.165, 1.54) is 6.26 Å². The largest absolute Gasteiger partial charge is 0.382 e. The van der Waals surface area contributed by atoms with Crippen LogP contribution < -0.4 is 16.0 Å². The third-order valence-corrected chi connectivity index (χ3v) is 5.87. The van der Waals surface area contributed by atoms with Crippen LogP contribution >= 0.6 is 0 Å². The molecule has 0 bridgehead atoms. The van der Waals surface area contributed by atoms with E-state index in [1.54, 1.807) is 26.0 Å². The Kier molecular flexibility index (Phi) is 4.13. The molecular formula is C14H21N3O3S. The van der Waals surface area contributed by atoms with Gasteiger partial charge in [-0.05, 0) is 32.0 Å². The Hall–Kier alpha value is -1.76. The lowest BCUT2D eigenvalue weighted by molar-refractivity contribution is 0.0950. The molecule has 0 atom stereocenters. The quantitative estimate of drug-likeness (QED) is 0.774. The van der Waals surface area contributed by atoms with E-state index in [0.717, 1.165) is 24.5 Å². The molecule has 2 rings (SSSR count). The van der Waals surface area contributed by atoms with Gasteiger partial charge in [-0.15, -0.1) is 0 Å². The molecule has 0 saturated carbocycles. The Morgan fingerprint density at radius 1 is 1.24 bits per heavy atom. The molecule has 0 aromatic heterocycles. The van der Waals surface area contributed by atoms with Crippen LogP contribution in [0, 0.1) is 0 Å². The normalized spacial score (nSPS) is 14.6. The Bertz CT molecular complexity index is 653. The number of sulfone groups is 1. The standard InChI is InChI=1S/C14H21N3O3S/c1-14(2,21(3,19)20)9-17-13(18)10-4-5-11-12(8-10)16-7-6-15-11/h4-5,8,15-16H,6-7,9H2,1-3H3,(H,17,18). The molecule has 1 amide bonds. The van der Waals surface area contributed by atoms with Crippen LogP contribution in [0.15, 0.2) is 18.2 Å². The van der Waals surface area contributed by atoms with E-state index in [0.29, 0.717) is 5.56 Å². The van der Waals surface area contributed by atoms with Gasteiger partial charge in [0.05, 0.1) is 16.1 Å². The summed E-state index contributed by atoms with van der Waals surface area (Å²) >= 11 is 0. The van der Waals surface area contributed by atoms with Crippen molar-refractivity contribution in [2.45, 2.75) is 18.6 Å². The number of hydrogen-bond donors (Lipinski definition) is 3. The van der Waals surface area contributed by atoms with Crippen molar-refractivity contribution in [3.05, 3.63) is 23.8 Å². The molecule has 0 saturated heterocycles. The summed E-state index contributed by atoms with van der Waals surface area (Å²) in [5.74, 6) is -0.276. The van der Waals surface area contributed by atoms with Crippen LogP contribution in [-0.4, -0.2) is 45.0 Å². The van der Waals surface area contributed by atoms with Crippen LogP contribution in [-0.2, 0) is 9.84 Å². The molecule has 6 nitrogen and oxygen atoms in total. The lowest BCUT2D eigenvalue weighted by Gasteiger charge is -2.23. The molecule has 116 valence electrons. The number of hydrogen-bond acceptors (Lipinski definition) is 5. The van der Waals surface area contributed by atoms with Crippen molar-refractivity contribution < 1.29 is 13.2 Å². The molecule has 0 unspecified atom stereocenters. The van der Waals surface area contributed by atoms with E-state index in [4.69, 9.17) is 0 Å². The summed E-state index contributed by atoms with van der Waals surface area (Å²) in [5, 5.41) is 9.13. The first kappa shape index (κ1) is 15.6. The first-order valence-corrected chi connectivity index (χ1v) is 8.69. The van der Waals surface area contributed by atoms with Crippen LogP contribution in [0.5, 0.6) is 0 Å². The zero-order valence-electron chi connectivity index (χ0n) is 12.5. The molecule has 3 N–H and O–H groups in total. The monoisotopic (exact) mass is 311 g/mol. The second-order valence-electron chi connectivity index (χ2n) is 5.83. The van der Waals surface area contributed by atoms with E-state index in [-0.39, 0.29) is 12.5 Å². The van der Waals surface area contributed by atoms with E-state index >= 15 is 0 Å². The van der Waals surface area contributed by atoms with Gasteiger partial charge in [-0.3, -0.25) is 4.79 Å².